The van der Waals surface area contributed by atoms with Gasteiger partial charge in [0.1, 0.15) is 17.7 Å². The van der Waals surface area contributed by atoms with Crippen LogP contribution < -0.4 is 4.74 Å². The van der Waals surface area contributed by atoms with E-state index in [1.165, 1.54) is 18.2 Å². The van der Waals surface area contributed by atoms with E-state index in [-0.39, 0.29) is 11.9 Å². The van der Waals surface area contributed by atoms with E-state index < -0.39 is 0 Å². The molecule has 0 unspecified atom stereocenters. The van der Waals surface area contributed by atoms with Gasteiger partial charge < -0.3 is 9.47 Å². The summed E-state index contributed by atoms with van der Waals surface area (Å²) in [6, 6.07) is 4.11. The van der Waals surface area contributed by atoms with Gasteiger partial charge in [0.25, 0.3) is 0 Å². The maximum atomic E-state index is 12.7. The fraction of sp³-hybridized carbons (Fsp3) is 0.400. The van der Waals surface area contributed by atoms with E-state index in [0.29, 0.717) is 24.0 Å². The predicted molar refractivity (Wildman–Crippen MR) is 51.3 cm³/mol. The maximum absolute atomic E-state index is 12.7. The zero-order chi connectivity index (χ0) is 9.97. The molecule has 0 spiro atoms. The minimum absolute atomic E-state index is 0.0398. The Morgan fingerprint density at radius 3 is 3.00 bits per heavy atom. The van der Waals surface area contributed by atoms with E-state index >= 15 is 0 Å². The van der Waals surface area contributed by atoms with E-state index in [1.807, 2.05) is 0 Å². The first-order valence-electron chi connectivity index (χ1n) is 4.45. The lowest BCUT2D eigenvalue weighted by Gasteiger charge is -2.12. The molecule has 1 aliphatic heterocycles. The molecule has 1 atom stereocenters. The van der Waals surface area contributed by atoms with Gasteiger partial charge in [-0.1, -0.05) is 11.6 Å². The van der Waals surface area contributed by atoms with E-state index in [2.05, 4.69) is 0 Å². The van der Waals surface area contributed by atoms with Gasteiger partial charge in [-0.15, -0.1) is 0 Å². The molecule has 1 saturated heterocycles. The third-order valence-corrected chi connectivity index (χ3v) is 2.37. The Balaban J connectivity index is 2.08. The van der Waals surface area contributed by atoms with Crippen molar-refractivity contribution in [3.8, 4) is 5.75 Å². The molecule has 4 heteroatoms. The summed E-state index contributed by atoms with van der Waals surface area (Å²) < 4.78 is 23.4. The Labute approximate surface area is 86.6 Å². The van der Waals surface area contributed by atoms with Crippen LogP contribution in [0.4, 0.5) is 4.39 Å². The van der Waals surface area contributed by atoms with Gasteiger partial charge in [-0.2, -0.15) is 0 Å². The zero-order valence-electron chi connectivity index (χ0n) is 7.50. The molecule has 1 aromatic carbocycles. The van der Waals surface area contributed by atoms with Gasteiger partial charge in [-0.05, 0) is 18.2 Å². The third-order valence-electron chi connectivity index (χ3n) is 2.08. The molecule has 1 fully saturated rings. The molecule has 0 N–H and O–H groups in total. The van der Waals surface area contributed by atoms with Gasteiger partial charge in [0.15, 0.2) is 0 Å². The first kappa shape index (κ1) is 9.74. The van der Waals surface area contributed by atoms with Crippen molar-refractivity contribution in [1.82, 2.24) is 0 Å². The Hall–Kier alpha value is -0.800. The highest BCUT2D eigenvalue weighted by molar-refractivity contribution is 6.32. The minimum Gasteiger partial charge on any atom is -0.486 e. The topological polar surface area (TPSA) is 18.5 Å². The highest BCUT2D eigenvalue weighted by Crippen LogP contribution is 2.27. The molecule has 2 rings (SSSR count). The molecule has 76 valence electrons. The number of hydrogen-bond acceptors (Lipinski definition) is 2. The van der Waals surface area contributed by atoms with Gasteiger partial charge in [-0.3, -0.25) is 0 Å². The summed E-state index contributed by atoms with van der Waals surface area (Å²) in [5.74, 6) is 0.161. The second kappa shape index (κ2) is 4.15. The Kier molecular flexibility index (Phi) is 2.89. The number of rotatable bonds is 2. The number of halogens is 2. The van der Waals surface area contributed by atoms with Crippen molar-refractivity contribution in [2.75, 3.05) is 13.2 Å². The van der Waals surface area contributed by atoms with E-state index in [1.54, 1.807) is 0 Å². The summed E-state index contributed by atoms with van der Waals surface area (Å²) in [5, 5.41) is 0.303. The number of hydrogen-bond donors (Lipinski definition) is 0. The van der Waals surface area contributed by atoms with Crippen LogP contribution in [0.15, 0.2) is 18.2 Å². The van der Waals surface area contributed by atoms with Gasteiger partial charge in [0.05, 0.1) is 18.2 Å². The molecule has 14 heavy (non-hydrogen) atoms. The average Bonchev–Trinajstić information content (AvgIpc) is 2.62. The quantitative estimate of drug-likeness (QED) is 0.757. The highest BCUT2D eigenvalue weighted by atomic mass is 35.5. The first-order valence-corrected chi connectivity index (χ1v) is 4.83. The highest BCUT2D eigenvalue weighted by Gasteiger charge is 2.18. The molecule has 0 amide bonds. The van der Waals surface area contributed by atoms with Crippen LogP contribution in [0.2, 0.25) is 5.02 Å². The van der Waals surface area contributed by atoms with Crippen molar-refractivity contribution in [3.05, 3.63) is 29.0 Å². The molecule has 0 aromatic heterocycles. The molecule has 1 heterocycles. The lowest BCUT2D eigenvalue weighted by atomic mass is 10.3. The van der Waals surface area contributed by atoms with Crippen LogP contribution in [0.25, 0.3) is 0 Å². The largest absolute Gasteiger partial charge is 0.486 e. The monoisotopic (exact) mass is 216 g/mol. The van der Waals surface area contributed by atoms with Crippen LogP contribution in [0.1, 0.15) is 6.42 Å². The van der Waals surface area contributed by atoms with Crippen molar-refractivity contribution in [3.63, 3.8) is 0 Å². The van der Waals surface area contributed by atoms with Crippen LogP contribution in [-0.2, 0) is 4.74 Å². The van der Waals surface area contributed by atoms with E-state index in [4.69, 9.17) is 21.1 Å². The van der Waals surface area contributed by atoms with Crippen LogP contribution >= 0.6 is 11.6 Å². The summed E-state index contributed by atoms with van der Waals surface area (Å²) in [7, 11) is 0. The van der Waals surface area contributed by atoms with Gasteiger partial charge in [0.2, 0.25) is 0 Å². The maximum Gasteiger partial charge on any atom is 0.138 e. The molecule has 0 aliphatic carbocycles. The smallest absolute Gasteiger partial charge is 0.138 e. The van der Waals surface area contributed by atoms with Crippen LogP contribution in [0, 0.1) is 5.82 Å². The van der Waals surface area contributed by atoms with Crippen molar-refractivity contribution >= 4 is 11.6 Å². The van der Waals surface area contributed by atoms with E-state index in [0.717, 1.165) is 6.42 Å². The number of ether oxygens (including phenoxy) is 2. The average molecular weight is 217 g/mol. The molecule has 1 aromatic rings. The molecule has 0 saturated carbocycles. The standard InChI is InChI=1S/C10H10ClFO2/c11-9-5-7(12)1-2-10(9)14-8-3-4-13-6-8/h1-2,5,8H,3-4,6H2/t8-/m1/s1. The summed E-state index contributed by atoms with van der Waals surface area (Å²) in [5.41, 5.74) is 0. The van der Waals surface area contributed by atoms with Crippen molar-refractivity contribution in [2.45, 2.75) is 12.5 Å². The summed E-state index contributed by atoms with van der Waals surface area (Å²) in [6.45, 7) is 1.29. The Morgan fingerprint density at radius 1 is 1.50 bits per heavy atom. The van der Waals surface area contributed by atoms with Crippen molar-refractivity contribution < 1.29 is 13.9 Å². The summed E-state index contributed by atoms with van der Waals surface area (Å²) in [6.07, 6.45) is 0.895. The zero-order valence-corrected chi connectivity index (χ0v) is 8.26. The fourth-order valence-electron chi connectivity index (χ4n) is 1.36. The van der Waals surface area contributed by atoms with Crippen molar-refractivity contribution in [1.29, 1.82) is 0 Å². The van der Waals surface area contributed by atoms with Crippen LogP contribution in [0.5, 0.6) is 5.75 Å². The Morgan fingerprint density at radius 2 is 2.36 bits per heavy atom. The molecule has 1 aliphatic rings. The summed E-state index contributed by atoms with van der Waals surface area (Å²) in [4.78, 5) is 0. The fourth-order valence-corrected chi connectivity index (χ4v) is 1.57. The molecule has 0 bridgehead atoms. The molecular weight excluding hydrogens is 207 g/mol. The number of benzene rings is 1. The SMILES string of the molecule is Fc1ccc(O[C@@H]2CCOC2)c(Cl)c1. The van der Waals surface area contributed by atoms with E-state index in [9.17, 15) is 4.39 Å². The third kappa shape index (κ3) is 2.16. The predicted octanol–water partition coefficient (Wildman–Crippen LogP) is 2.65. The van der Waals surface area contributed by atoms with Crippen LogP contribution in [0.3, 0.4) is 0 Å². The second-order valence-corrected chi connectivity index (χ2v) is 3.59. The minimum atomic E-state index is -0.356. The van der Waals surface area contributed by atoms with Gasteiger partial charge >= 0.3 is 0 Å². The lowest BCUT2D eigenvalue weighted by molar-refractivity contribution is 0.141. The second-order valence-electron chi connectivity index (χ2n) is 3.18. The molecule has 2 nitrogen and oxygen atoms in total. The first-order chi connectivity index (χ1) is 6.75. The Bertz CT molecular complexity index is 324. The molecular formula is C10H10ClFO2. The van der Waals surface area contributed by atoms with Crippen LogP contribution in [-0.4, -0.2) is 19.3 Å². The van der Waals surface area contributed by atoms with Gasteiger partial charge in [0, 0.05) is 6.42 Å². The molecule has 0 radical (unpaired) electrons. The van der Waals surface area contributed by atoms with Gasteiger partial charge in [-0.25, -0.2) is 4.39 Å². The normalized spacial score (nSPS) is 21.1. The lowest BCUT2D eigenvalue weighted by Crippen LogP contribution is -2.15. The van der Waals surface area contributed by atoms with Crippen molar-refractivity contribution in [2.24, 2.45) is 0 Å². The summed E-state index contributed by atoms with van der Waals surface area (Å²) >= 11 is 5.80.